The quantitative estimate of drug-likeness (QED) is 0.254. The van der Waals surface area contributed by atoms with E-state index in [4.69, 9.17) is 4.74 Å². The largest absolute Gasteiger partial charge is 0.465 e. The molecule has 0 bridgehead atoms. The molecule has 1 N–H and O–H groups in total. The third-order valence-electron chi connectivity index (χ3n) is 5.69. The van der Waals surface area contributed by atoms with Gasteiger partial charge in [0.05, 0.1) is 39.3 Å². The highest BCUT2D eigenvalue weighted by Crippen LogP contribution is 2.38. The Morgan fingerprint density at radius 1 is 1.22 bits per heavy atom. The molecule has 13 heteroatoms. The molecule has 190 valence electrons. The zero-order valence-electron chi connectivity index (χ0n) is 19.7. The highest BCUT2D eigenvalue weighted by atomic mass is 32.2. The number of methoxy groups -OCH3 is 1. The Morgan fingerprint density at radius 3 is 2.72 bits per heavy atom. The van der Waals surface area contributed by atoms with Crippen LogP contribution in [0.3, 0.4) is 0 Å². The summed E-state index contributed by atoms with van der Waals surface area (Å²) in [5.41, 5.74) is 2.16. The third kappa shape index (κ3) is 5.52. The van der Waals surface area contributed by atoms with Gasteiger partial charge in [-0.2, -0.15) is 4.99 Å². The number of nitrogens with one attached hydrogen (secondary N) is 1. The zero-order valence-corrected chi connectivity index (χ0v) is 22.1. The van der Waals surface area contributed by atoms with Crippen LogP contribution in [0, 0.1) is 10.1 Å². The summed E-state index contributed by atoms with van der Waals surface area (Å²) in [6.07, 6.45) is 3.72. The van der Waals surface area contributed by atoms with Crippen LogP contribution in [0.4, 0.5) is 10.7 Å². The predicted octanol–water partition coefficient (Wildman–Crippen LogP) is 4.16. The number of fused-ring (bicyclic) bond motifs is 2. The molecule has 1 aromatic carbocycles. The first kappa shape index (κ1) is 26.0. The number of rotatable bonds is 8. The molecule has 0 atom stereocenters. The van der Waals surface area contributed by atoms with Gasteiger partial charge in [-0.15, -0.1) is 23.1 Å². The maximum Gasteiger partial charge on any atom is 0.341 e. The molecule has 1 aliphatic carbocycles. The van der Waals surface area contributed by atoms with Gasteiger partial charge in [0, 0.05) is 23.6 Å². The number of carbonyl (C=O) groups is 3. The van der Waals surface area contributed by atoms with Crippen molar-refractivity contribution in [2.24, 2.45) is 4.99 Å². The van der Waals surface area contributed by atoms with Gasteiger partial charge in [0.2, 0.25) is 5.91 Å². The Labute approximate surface area is 218 Å². The first-order chi connectivity index (χ1) is 17.3. The van der Waals surface area contributed by atoms with Gasteiger partial charge in [-0.3, -0.25) is 19.7 Å². The van der Waals surface area contributed by atoms with E-state index in [-0.39, 0.29) is 23.1 Å². The number of non-ortho nitro benzene ring substituents is 1. The zero-order chi connectivity index (χ0) is 25.8. The highest BCUT2D eigenvalue weighted by Gasteiger charge is 2.27. The molecule has 0 saturated carbocycles. The minimum Gasteiger partial charge on any atom is -0.465 e. The summed E-state index contributed by atoms with van der Waals surface area (Å²) >= 11 is 3.75. The summed E-state index contributed by atoms with van der Waals surface area (Å²) in [5, 5.41) is 14.4. The van der Waals surface area contributed by atoms with E-state index in [0.717, 1.165) is 53.4 Å². The molecule has 1 aliphatic rings. The van der Waals surface area contributed by atoms with Crippen LogP contribution in [-0.2, 0) is 33.7 Å². The number of aromatic nitrogens is 1. The fourth-order valence-electron chi connectivity index (χ4n) is 4.07. The number of thiazole rings is 1. The highest BCUT2D eigenvalue weighted by molar-refractivity contribution is 8.00. The second-order valence-corrected chi connectivity index (χ2v) is 11.1. The SMILES string of the molecule is CCn1c(=NC(=O)CSCC(=O)Nc2sc3c(c2C(=O)OC)CCCC3)sc2cc([N+](=O)[O-])ccc21. The molecule has 0 radical (unpaired) electrons. The minimum atomic E-state index is -0.460. The van der Waals surface area contributed by atoms with E-state index >= 15 is 0 Å². The lowest BCUT2D eigenvalue weighted by molar-refractivity contribution is -0.384. The number of thiophene rings is 1. The molecule has 2 heterocycles. The lowest BCUT2D eigenvalue weighted by Gasteiger charge is -2.11. The van der Waals surface area contributed by atoms with Crippen molar-refractivity contribution in [3.8, 4) is 0 Å². The van der Waals surface area contributed by atoms with Gasteiger partial charge in [0.15, 0.2) is 4.80 Å². The van der Waals surface area contributed by atoms with E-state index in [0.29, 0.717) is 26.6 Å². The fraction of sp³-hybridized carbons (Fsp3) is 0.391. The summed E-state index contributed by atoms with van der Waals surface area (Å²) in [4.78, 5) is 53.7. The molecule has 0 fully saturated rings. The maximum absolute atomic E-state index is 12.6. The monoisotopic (exact) mass is 548 g/mol. The van der Waals surface area contributed by atoms with E-state index in [1.54, 1.807) is 6.07 Å². The Kier molecular flexibility index (Phi) is 8.21. The number of thioether (sulfide) groups is 1. The van der Waals surface area contributed by atoms with Crippen LogP contribution in [0.1, 0.15) is 40.6 Å². The number of benzene rings is 1. The normalized spacial score (nSPS) is 13.4. The third-order valence-corrected chi connectivity index (χ3v) is 8.85. The number of nitro groups is 1. The molecule has 0 aliphatic heterocycles. The Morgan fingerprint density at radius 2 is 2.00 bits per heavy atom. The summed E-state index contributed by atoms with van der Waals surface area (Å²) in [6.45, 7) is 2.45. The van der Waals surface area contributed by atoms with Crippen LogP contribution >= 0.6 is 34.4 Å². The predicted molar refractivity (Wildman–Crippen MR) is 141 cm³/mol. The number of nitrogens with zero attached hydrogens (tertiary/aromatic N) is 3. The standard InChI is InChI=1S/C23H24N4O6S3/c1-3-26-15-9-8-13(27(31)32)10-17(15)36-23(26)25-19(29)12-34-11-18(28)24-21-20(22(30)33-2)14-6-4-5-7-16(14)35-21/h8-10H,3-7,11-12H2,1-2H3,(H,24,28). The van der Waals surface area contributed by atoms with Gasteiger partial charge in [-0.25, -0.2) is 4.79 Å². The van der Waals surface area contributed by atoms with Crippen molar-refractivity contribution < 1.29 is 24.0 Å². The summed E-state index contributed by atoms with van der Waals surface area (Å²) in [5.74, 6) is -1.15. The molecule has 4 rings (SSSR count). The molecule has 0 spiro atoms. The first-order valence-corrected chi connectivity index (χ1v) is 14.1. The molecule has 2 amide bonds. The number of hydrogen-bond donors (Lipinski definition) is 1. The average molecular weight is 549 g/mol. The molecular formula is C23H24N4O6S3. The number of esters is 1. The van der Waals surface area contributed by atoms with E-state index in [1.807, 2.05) is 11.5 Å². The van der Waals surface area contributed by atoms with Crippen molar-refractivity contribution >= 4 is 73.1 Å². The molecule has 0 unspecified atom stereocenters. The number of ether oxygens (including phenoxy) is 1. The molecule has 2 aromatic heterocycles. The van der Waals surface area contributed by atoms with Gasteiger partial charge in [-0.1, -0.05) is 11.3 Å². The van der Waals surface area contributed by atoms with Crippen LogP contribution in [-0.4, -0.2) is 45.9 Å². The number of aryl methyl sites for hydroxylation is 2. The fourth-order valence-corrected chi connectivity index (χ4v) is 7.11. The Balaban J connectivity index is 1.41. The summed E-state index contributed by atoms with van der Waals surface area (Å²) < 4.78 is 7.43. The Hall–Kier alpha value is -3.03. The average Bonchev–Trinajstić information content (AvgIpc) is 3.39. The summed E-state index contributed by atoms with van der Waals surface area (Å²) in [6, 6.07) is 4.55. The van der Waals surface area contributed by atoms with E-state index in [9.17, 15) is 24.5 Å². The van der Waals surface area contributed by atoms with Crippen LogP contribution in [0.15, 0.2) is 23.2 Å². The number of amides is 2. The second kappa shape index (κ2) is 11.4. The number of carbonyl (C=O) groups excluding carboxylic acids is 3. The van der Waals surface area contributed by atoms with Crippen molar-refractivity contribution in [2.45, 2.75) is 39.2 Å². The van der Waals surface area contributed by atoms with Crippen LogP contribution in [0.5, 0.6) is 0 Å². The number of anilines is 1. The second-order valence-electron chi connectivity index (χ2n) is 7.99. The van der Waals surface area contributed by atoms with E-state index in [2.05, 4.69) is 10.3 Å². The lowest BCUT2D eigenvalue weighted by atomic mass is 9.95. The molecule has 3 aromatic rings. The summed E-state index contributed by atoms with van der Waals surface area (Å²) in [7, 11) is 1.33. The number of hydrogen-bond acceptors (Lipinski definition) is 9. The van der Waals surface area contributed by atoms with Crippen molar-refractivity contribution in [1.29, 1.82) is 0 Å². The van der Waals surface area contributed by atoms with Crippen LogP contribution in [0.25, 0.3) is 10.2 Å². The number of nitro benzene ring substituents is 1. The van der Waals surface area contributed by atoms with Gasteiger partial charge in [-0.05, 0) is 44.2 Å². The molecule has 10 nitrogen and oxygen atoms in total. The first-order valence-electron chi connectivity index (χ1n) is 11.3. The van der Waals surface area contributed by atoms with Gasteiger partial charge in [0.1, 0.15) is 5.00 Å². The van der Waals surface area contributed by atoms with Gasteiger partial charge < -0.3 is 14.6 Å². The van der Waals surface area contributed by atoms with Gasteiger partial charge >= 0.3 is 5.97 Å². The van der Waals surface area contributed by atoms with Crippen molar-refractivity contribution in [3.05, 3.63) is 49.1 Å². The topological polar surface area (TPSA) is 133 Å². The van der Waals surface area contributed by atoms with Crippen LogP contribution < -0.4 is 10.1 Å². The van der Waals surface area contributed by atoms with E-state index < -0.39 is 16.8 Å². The smallest absolute Gasteiger partial charge is 0.341 e. The van der Waals surface area contributed by atoms with Crippen molar-refractivity contribution in [2.75, 3.05) is 23.9 Å². The van der Waals surface area contributed by atoms with Gasteiger partial charge in [0.25, 0.3) is 11.6 Å². The minimum absolute atomic E-state index is 0.00364. The Bertz CT molecular complexity index is 1420. The lowest BCUT2D eigenvalue weighted by Crippen LogP contribution is -2.18. The van der Waals surface area contributed by atoms with Crippen LogP contribution in [0.2, 0.25) is 0 Å². The maximum atomic E-state index is 12.6. The van der Waals surface area contributed by atoms with E-state index in [1.165, 1.54) is 41.9 Å². The molecular weight excluding hydrogens is 524 g/mol. The molecule has 0 saturated heterocycles. The molecule has 36 heavy (non-hydrogen) atoms. The van der Waals surface area contributed by atoms with Crippen molar-refractivity contribution in [1.82, 2.24) is 4.57 Å². The van der Waals surface area contributed by atoms with Crippen molar-refractivity contribution in [3.63, 3.8) is 0 Å².